The molecule has 8 nitrogen and oxygen atoms in total. The van der Waals surface area contributed by atoms with E-state index < -0.39 is 6.04 Å². The summed E-state index contributed by atoms with van der Waals surface area (Å²) in [5.74, 6) is 1.04. The molecule has 0 radical (unpaired) electrons. The molecule has 0 spiro atoms. The third kappa shape index (κ3) is 3.75. The van der Waals surface area contributed by atoms with Gasteiger partial charge in [-0.2, -0.15) is 0 Å². The predicted molar refractivity (Wildman–Crippen MR) is 120 cm³/mol. The van der Waals surface area contributed by atoms with Gasteiger partial charge in [0, 0.05) is 12.3 Å². The summed E-state index contributed by atoms with van der Waals surface area (Å²) >= 11 is 1.55. The number of nitrogens with one attached hydrogen (secondary N) is 1. The van der Waals surface area contributed by atoms with Gasteiger partial charge < -0.3 is 19.2 Å². The van der Waals surface area contributed by atoms with Crippen LogP contribution in [0.3, 0.4) is 0 Å². The van der Waals surface area contributed by atoms with Crippen molar-refractivity contribution >= 4 is 34.7 Å². The Balaban J connectivity index is 1.44. The van der Waals surface area contributed by atoms with Crippen LogP contribution in [0.5, 0.6) is 0 Å². The van der Waals surface area contributed by atoms with Gasteiger partial charge >= 0.3 is 0 Å². The van der Waals surface area contributed by atoms with Gasteiger partial charge in [-0.05, 0) is 30.7 Å². The Morgan fingerprint density at radius 2 is 2.06 bits per heavy atom. The molecule has 9 heteroatoms. The Kier molecular flexibility index (Phi) is 5.40. The van der Waals surface area contributed by atoms with Crippen molar-refractivity contribution in [1.29, 1.82) is 0 Å². The van der Waals surface area contributed by atoms with Gasteiger partial charge in [0.15, 0.2) is 5.76 Å². The van der Waals surface area contributed by atoms with Gasteiger partial charge in [-0.1, -0.05) is 35.5 Å². The molecular formula is C23H20N4O4S. The summed E-state index contributed by atoms with van der Waals surface area (Å²) in [6.07, 6.45) is 1.54. The van der Waals surface area contributed by atoms with Crippen molar-refractivity contribution < 1.29 is 18.5 Å². The van der Waals surface area contributed by atoms with Crippen molar-refractivity contribution in [2.75, 3.05) is 11.6 Å². The smallest absolute Gasteiger partial charge is 0.259 e. The molecule has 2 amide bonds. The Morgan fingerprint density at radius 3 is 2.84 bits per heavy atom. The number of rotatable bonds is 5. The number of aryl methyl sites for hydroxylation is 1. The zero-order valence-corrected chi connectivity index (χ0v) is 18.1. The van der Waals surface area contributed by atoms with E-state index in [9.17, 15) is 9.59 Å². The van der Waals surface area contributed by atoms with E-state index in [-0.39, 0.29) is 17.5 Å². The van der Waals surface area contributed by atoms with Crippen LogP contribution in [0.2, 0.25) is 0 Å². The summed E-state index contributed by atoms with van der Waals surface area (Å²) < 4.78 is 10.8. The molecule has 0 aliphatic carbocycles. The summed E-state index contributed by atoms with van der Waals surface area (Å²) in [5, 5.41) is 7.48. The Hall–Kier alpha value is -3.59. The highest BCUT2D eigenvalue weighted by Crippen LogP contribution is 2.31. The first-order valence-corrected chi connectivity index (χ1v) is 11.3. The molecule has 3 aromatic heterocycles. The fourth-order valence-electron chi connectivity index (χ4n) is 3.73. The summed E-state index contributed by atoms with van der Waals surface area (Å²) in [4.78, 5) is 32.6. The number of benzene rings is 1. The largest absolute Gasteiger partial charge is 0.463 e. The van der Waals surface area contributed by atoms with Gasteiger partial charge in [0.2, 0.25) is 5.91 Å². The van der Waals surface area contributed by atoms with Crippen molar-refractivity contribution in [3.8, 4) is 11.5 Å². The van der Waals surface area contributed by atoms with E-state index in [4.69, 9.17) is 8.94 Å². The third-order valence-corrected chi connectivity index (χ3v) is 6.39. The summed E-state index contributed by atoms with van der Waals surface area (Å²) in [6, 6.07) is 14.3. The average molecular weight is 449 g/mol. The average Bonchev–Trinajstić information content (AvgIpc) is 3.58. The third-order valence-electron chi connectivity index (χ3n) is 5.38. The second-order valence-corrected chi connectivity index (χ2v) is 8.47. The molecule has 1 fully saturated rings. The molecule has 1 atom stereocenters. The van der Waals surface area contributed by atoms with Crippen LogP contribution in [-0.2, 0) is 11.3 Å². The number of carbonyl (C=O) groups excluding carboxylic acids is 2. The van der Waals surface area contributed by atoms with E-state index in [0.29, 0.717) is 46.3 Å². The van der Waals surface area contributed by atoms with Gasteiger partial charge in [0.1, 0.15) is 11.7 Å². The number of thioether (sulfide) groups is 1. The van der Waals surface area contributed by atoms with Crippen molar-refractivity contribution in [2.24, 2.45) is 0 Å². The van der Waals surface area contributed by atoms with E-state index in [1.165, 1.54) is 0 Å². The van der Waals surface area contributed by atoms with Gasteiger partial charge in [0.05, 0.1) is 28.8 Å². The number of amides is 2. The van der Waals surface area contributed by atoms with E-state index in [1.807, 2.05) is 30.3 Å². The number of nitrogens with zero attached hydrogens (tertiary/aromatic N) is 3. The molecule has 5 rings (SSSR count). The first-order valence-electron chi connectivity index (χ1n) is 10.1. The van der Waals surface area contributed by atoms with Gasteiger partial charge in [0.25, 0.3) is 11.6 Å². The molecule has 0 saturated carbocycles. The number of carbonyl (C=O) groups is 2. The standard InChI is InChI=1S/C23H20N4O4S/c1-14-20-16(10-17(19-8-5-9-30-19)25-22(20)31-26-14)23(29)27-13-32-12-18(27)21(28)24-11-15-6-3-2-4-7-15/h2-10,18H,11-13H2,1H3,(H,24,28)/t18-/m0/s1. The Bertz CT molecular complexity index is 1270. The molecule has 0 bridgehead atoms. The summed E-state index contributed by atoms with van der Waals surface area (Å²) in [7, 11) is 0. The molecule has 4 heterocycles. The molecule has 162 valence electrons. The topological polar surface area (TPSA) is 101 Å². The maximum Gasteiger partial charge on any atom is 0.259 e. The molecule has 1 aliphatic rings. The molecule has 1 saturated heterocycles. The first kappa shape index (κ1) is 20.3. The lowest BCUT2D eigenvalue weighted by molar-refractivity contribution is -0.124. The minimum absolute atomic E-state index is 0.175. The highest BCUT2D eigenvalue weighted by molar-refractivity contribution is 7.99. The number of hydrogen-bond acceptors (Lipinski definition) is 7. The van der Waals surface area contributed by atoms with E-state index in [0.717, 1.165) is 5.56 Å². The fourth-order valence-corrected chi connectivity index (χ4v) is 4.89. The van der Waals surface area contributed by atoms with Crippen LogP contribution in [0.25, 0.3) is 22.6 Å². The maximum absolute atomic E-state index is 13.6. The molecular weight excluding hydrogens is 428 g/mol. The van der Waals surface area contributed by atoms with E-state index in [1.54, 1.807) is 48.0 Å². The van der Waals surface area contributed by atoms with E-state index in [2.05, 4.69) is 15.5 Å². The van der Waals surface area contributed by atoms with Crippen molar-refractivity contribution in [2.45, 2.75) is 19.5 Å². The molecule has 1 aromatic carbocycles. The van der Waals surface area contributed by atoms with Crippen LogP contribution >= 0.6 is 11.8 Å². The Labute approximate surface area is 188 Å². The number of furan rings is 1. The van der Waals surface area contributed by atoms with Crippen molar-refractivity contribution in [3.05, 3.63) is 71.6 Å². The van der Waals surface area contributed by atoms with Crippen molar-refractivity contribution in [3.63, 3.8) is 0 Å². The highest BCUT2D eigenvalue weighted by atomic mass is 32.2. The second-order valence-electron chi connectivity index (χ2n) is 7.47. The van der Waals surface area contributed by atoms with Gasteiger partial charge in [-0.3, -0.25) is 9.59 Å². The summed E-state index contributed by atoms with van der Waals surface area (Å²) in [5.41, 5.74) is 2.70. The molecule has 1 N–H and O–H groups in total. The SMILES string of the molecule is Cc1noc2nc(-c3ccco3)cc(C(=O)N3CSC[C@H]3C(=O)NCc3ccccc3)c12. The Morgan fingerprint density at radius 1 is 1.22 bits per heavy atom. The lowest BCUT2D eigenvalue weighted by Gasteiger charge is -2.23. The van der Waals surface area contributed by atoms with E-state index >= 15 is 0 Å². The molecule has 4 aromatic rings. The van der Waals surface area contributed by atoms with Crippen LogP contribution in [-0.4, -0.2) is 44.5 Å². The monoisotopic (exact) mass is 448 g/mol. The van der Waals surface area contributed by atoms with Gasteiger partial charge in [-0.25, -0.2) is 4.98 Å². The van der Waals surface area contributed by atoms with Crippen LogP contribution in [0, 0.1) is 6.92 Å². The van der Waals surface area contributed by atoms with Gasteiger partial charge in [-0.15, -0.1) is 11.8 Å². The molecule has 1 aliphatic heterocycles. The van der Waals surface area contributed by atoms with Crippen molar-refractivity contribution in [1.82, 2.24) is 20.4 Å². The second kappa shape index (κ2) is 8.51. The van der Waals surface area contributed by atoms with Crippen LogP contribution in [0.15, 0.2) is 63.7 Å². The lowest BCUT2D eigenvalue weighted by atomic mass is 10.1. The van der Waals surface area contributed by atoms with Crippen LogP contribution in [0.4, 0.5) is 0 Å². The number of aromatic nitrogens is 2. The highest BCUT2D eigenvalue weighted by Gasteiger charge is 2.36. The number of hydrogen-bond donors (Lipinski definition) is 1. The maximum atomic E-state index is 13.6. The quantitative estimate of drug-likeness (QED) is 0.497. The number of pyridine rings is 1. The molecule has 0 unspecified atom stereocenters. The predicted octanol–water partition coefficient (Wildman–Crippen LogP) is 3.62. The lowest BCUT2D eigenvalue weighted by Crippen LogP contribution is -2.47. The normalized spacial score (nSPS) is 15.9. The minimum Gasteiger partial charge on any atom is -0.463 e. The first-order chi connectivity index (χ1) is 15.6. The zero-order chi connectivity index (χ0) is 22.1. The summed E-state index contributed by atoms with van der Waals surface area (Å²) in [6.45, 7) is 2.18. The van der Waals surface area contributed by atoms with Crippen LogP contribution < -0.4 is 5.32 Å². The zero-order valence-electron chi connectivity index (χ0n) is 17.3. The minimum atomic E-state index is -0.563. The fraction of sp³-hybridized carbons (Fsp3) is 0.217. The molecule has 32 heavy (non-hydrogen) atoms. The number of fused-ring (bicyclic) bond motifs is 1. The van der Waals surface area contributed by atoms with Crippen LogP contribution in [0.1, 0.15) is 21.6 Å².